The number of aromatic nitrogens is 2. The maximum absolute atomic E-state index is 8.87. The third kappa shape index (κ3) is 3.66. The first kappa shape index (κ1) is 15.6. The molecule has 1 aliphatic rings. The maximum Gasteiger partial charge on any atom is 0.226 e. The van der Waals surface area contributed by atoms with Gasteiger partial charge in [0.2, 0.25) is 5.95 Å². The van der Waals surface area contributed by atoms with Gasteiger partial charge >= 0.3 is 0 Å². The van der Waals surface area contributed by atoms with Gasteiger partial charge in [0.05, 0.1) is 11.5 Å². The van der Waals surface area contributed by atoms with Gasteiger partial charge in [-0.2, -0.15) is 9.97 Å². The summed E-state index contributed by atoms with van der Waals surface area (Å²) >= 11 is 7.81. The Morgan fingerprint density at radius 1 is 1.30 bits per heavy atom. The molecular weight excluding hydrogens is 298 g/mol. The molecule has 112 valence electrons. The van der Waals surface area contributed by atoms with Crippen molar-refractivity contribution < 1.29 is 5.11 Å². The largest absolute Gasteiger partial charge is 0.395 e. The fourth-order valence-electron chi connectivity index (χ4n) is 2.07. The van der Waals surface area contributed by atoms with E-state index in [2.05, 4.69) is 32.1 Å². The highest BCUT2D eigenvalue weighted by molar-refractivity contribution is 7.98. The smallest absolute Gasteiger partial charge is 0.226 e. The SMILES string of the molecule is CSc1c(Cl)nc(NCCO)nc1N1CCN(C)CC1. The highest BCUT2D eigenvalue weighted by Gasteiger charge is 2.21. The highest BCUT2D eigenvalue weighted by Crippen LogP contribution is 2.33. The molecule has 8 heteroatoms. The zero-order valence-electron chi connectivity index (χ0n) is 11.8. The Morgan fingerprint density at radius 3 is 2.60 bits per heavy atom. The molecule has 2 N–H and O–H groups in total. The van der Waals surface area contributed by atoms with Gasteiger partial charge in [-0.1, -0.05) is 11.6 Å². The van der Waals surface area contributed by atoms with Gasteiger partial charge in [0.1, 0.15) is 11.0 Å². The molecule has 2 rings (SSSR count). The summed E-state index contributed by atoms with van der Waals surface area (Å²) in [6, 6.07) is 0. The minimum Gasteiger partial charge on any atom is -0.395 e. The fraction of sp³-hybridized carbons (Fsp3) is 0.667. The predicted molar refractivity (Wildman–Crippen MR) is 84.1 cm³/mol. The van der Waals surface area contributed by atoms with Gasteiger partial charge in [-0.05, 0) is 13.3 Å². The lowest BCUT2D eigenvalue weighted by molar-refractivity contribution is 0.310. The van der Waals surface area contributed by atoms with Crippen LogP contribution in [0.25, 0.3) is 0 Å². The lowest BCUT2D eigenvalue weighted by Crippen LogP contribution is -2.45. The Bertz CT molecular complexity index is 454. The van der Waals surface area contributed by atoms with E-state index >= 15 is 0 Å². The van der Waals surface area contributed by atoms with Gasteiger partial charge in [-0.15, -0.1) is 11.8 Å². The van der Waals surface area contributed by atoms with Gasteiger partial charge < -0.3 is 20.2 Å². The number of thioether (sulfide) groups is 1. The van der Waals surface area contributed by atoms with Crippen molar-refractivity contribution in [2.75, 3.05) is 62.9 Å². The van der Waals surface area contributed by atoms with Gasteiger partial charge in [-0.3, -0.25) is 0 Å². The topological polar surface area (TPSA) is 64.5 Å². The molecule has 0 spiro atoms. The van der Waals surface area contributed by atoms with Gasteiger partial charge in [-0.25, -0.2) is 0 Å². The number of nitrogens with zero attached hydrogens (tertiary/aromatic N) is 4. The van der Waals surface area contributed by atoms with Crippen LogP contribution in [0.3, 0.4) is 0 Å². The van der Waals surface area contributed by atoms with Crippen LogP contribution in [-0.4, -0.2) is 72.6 Å². The molecule has 0 radical (unpaired) electrons. The number of aliphatic hydroxyl groups is 1. The number of hydrogen-bond donors (Lipinski definition) is 2. The molecule has 1 aromatic heterocycles. The second-order valence-corrected chi connectivity index (χ2v) is 5.81. The number of rotatable bonds is 5. The summed E-state index contributed by atoms with van der Waals surface area (Å²) in [6.45, 7) is 4.32. The summed E-state index contributed by atoms with van der Waals surface area (Å²) in [5.41, 5.74) is 0. The summed E-state index contributed by atoms with van der Waals surface area (Å²) < 4.78 is 0. The first-order valence-corrected chi connectivity index (χ1v) is 8.15. The Kier molecular flexibility index (Phi) is 5.71. The van der Waals surface area contributed by atoms with E-state index in [0.717, 1.165) is 36.9 Å². The molecule has 0 amide bonds. The molecule has 0 aromatic carbocycles. The molecule has 0 aliphatic carbocycles. The first-order chi connectivity index (χ1) is 9.65. The molecule has 0 bridgehead atoms. The number of anilines is 2. The monoisotopic (exact) mass is 317 g/mol. The maximum atomic E-state index is 8.87. The summed E-state index contributed by atoms with van der Waals surface area (Å²) in [6.07, 6.45) is 1.98. The Labute approximate surface area is 128 Å². The summed E-state index contributed by atoms with van der Waals surface area (Å²) in [5, 5.41) is 12.3. The number of aliphatic hydroxyl groups excluding tert-OH is 1. The average Bonchev–Trinajstić information content (AvgIpc) is 2.45. The van der Waals surface area contributed by atoms with Gasteiger partial charge in [0.15, 0.2) is 0 Å². The summed E-state index contributed by atoms with van der Waals surface area (Å²) in [5.74, 6) is 1.35. The Hall–Kier alpha value is -0.760. The first-order valence-electron chi connectivity index (χ1n) is 6.55. The summed E-state index contributed by atoms with van der Waals surface area (Å²) in [4.78, 5) is 14.2. The Balaban J connectivity index is 2.26. The molecule has 1 aliphatic heterocycles. The quantitative estimate of drug-likeness (QED) is 0.620. The van der Waals surface area contributed by atoms with E-state index in [1.54, 1.807) is 11.8 Å². The van der Waals surface area contributed by atoms with Crippen molar-refractivity contribution >= 4 is 35.1 Å². The molecule has 0 atom stereocenters. The van der Waals surface area contributed by atoms with Crippen LogP contribution in [-0.2, 0) is 0 Å². The minimum absolute atomic E-state index is 0.0368. The van der Waals surface area contributed by atoms with Crippen molar-refractivity contribution in [2.45, 2.75) is 4.90 Å². The van der Waals surface area contributed by atoms with E-state index in [9.17, 15) is 0 Å². The Morgan fingerprint density at radius 2 is 2.00 bits per heavy atom. The molecular formula is C12H20ClN5OS. The van der Waals surface area contributed by atoms with Crippen molar-refractivity contribution in [2.24, 2.45) is 0 Å². The van der Waals surface area contributed by atoms with Crippen LogP contribution in [0.15, 0.2) is 4.90 Å². The molecule has 1 aromatic rings. The highest BCUT2D eigenvalue weighted by atomic mass is 35.5. The van der Waals surface area contributed by atoms with Crippen molar-refractivity contribution in [3.05, 3.63) is 5.15 Å². The molecule has 1 saturated heterocycles. The number of likely N-dealkylation sites (N-methyl/N-ethyl adjacent to an activating group) is 1. The number of piperazine rings is 1. The van der Waals surface area contributed by atoms with Crippen LogP contribution >= 0.6 is 23.4 Å². The van der Waals surface area contributed by atoms with Gasteiger partial charge in [0.25, 0.3) is 0 Å². The van der Waals surface area contributed by atoms with Crippen LogP contribution in [0, 0.1) is 0 Å². The zero-order chi connectivity index (χ0) is 14.5. The van der Waals surface area contributed by atoms with E-state index < -0.39 is 0 Å². The lowest BCUT2D eigenvalue weighted by Gasteiger charge is -2.34. The number of hydrogen-bond acceptors (Lipinski definition) is 7. The van der Waals surface area contributed by atoms with Crippen molar-refractivity contribution in [1.82, 2.24) is 14.9 Å². The van der Waals surface area contributed by atoms with Crippen LogP contribution in [0.5, 0.6) is 0 Å². The molecule has 20 heavy (non-hydrogen) atoms. The molecule has 0 saturated carbocycles. The predicted octanol–water partition coefficient (Wildman–Crippen LogP) is 1.01. The van der Waals surface area contributed by atoms with Crippen LogP contribution < -0.4 is 10.2 Å². The molecule has 0 unspecified atom stereocenters. The van der Waals surface area contributed by atoms with E-state index in [1.807, 2.05) is 6.26 Å². The number of halogens is 1. The summed E-state index contributed by atoms with van der Waals surface area (Å²) in [7, 11) is 2.12. The van der Waals surface area contributed by atoms with E-state index in [4.69, 9.17) is 16.7 Å². The lowest BCUT2D eigenvalue weighted by atomic mass is 10.3. The number of nitrogens with one attached hydrogen (secondary N) is 1. The second kappa shape index (κ2) is 7.31. The van der Waals surface area contributed by atoms with Crippen molar-refractivity contribution in [1.29, 1.82) is 0 Å². The third-order valence-electron chi connectivity index (χ3n) is 3.21. The average molecular weight is 318 g/mol. The van der Waals surface area contributed by atoms with Crippen molar-refractivity contribution in [3.8, 4) is 0 Å². The minimum atomic E-state index is 0.0368. The second-order valence-electron chi connectivity index (χ2n) is 4.64. The van der Waals surface area contributed by atoms with E-state index in [1.165, 1.54) is 0 Å². The van der Waals surface area contributed by atoms with Crippen LogP contribution in [0.1, 0.15) is 0 Å². The van der Waals surface area contributed by atoms with Crippen LogP contribution in [0.2, 0.25) is 5.15 Å². The van der Waals surface area contributed by atoms with Crippen molar-refractivity contribution in [3.63, 3.8) is 0 Å². The third-order valence-corrected chi connectivity index (χ3v) is 4.38. The van der Waals surface area contributed by atoms with Gasteiger partial charge in [0, 0.05) is 32.7 Å². The molecule has 2 heterocycles. The normalized spacial score (nSPS) is 16.5. The zero-order valence-corrected chi connectivity index (χ0v) is 13.3. The fourth-order valence-corrected chi connectivity index (χ4v) is 3.03. The van der Waals surface area contributed by atoms with E-state index in [-0.39, 0.29) is 6.61 Å². The van der Waals surface area contributed by atoms with Crippen LogP contribution in [0.4, 0.5) is 11.8 Å². The standard InChI is InChI=1S/C12H20ClN5OS/c1-17-4-6-18(7-5-17)11-9(20-2)10(13)15-12(16-11)14-3-8-19/h19H,3-8H2,1-2H3,(H,14,15,16). The van der Waals surface area contributed by atoms with E-state index in [0.29, 0.717) is 17.6 Å². The molecule has 6 nitrogen and oxygen atoms in total. The molecule has 1 fully saturated rings.